The molecule has 0 bridgehead atoms. The van der Waals surface area contributed by atoms with Crippen molar-refractivity contribution in [2.45, 2.75) is 19.3 Å². The van der Waals surface area contributed by atoms with Crippen LogP contribution in [-0.4, -0.2) is 68.0 Å². The average Bonchev–Trinajstić information content (AvgIpc) is 3.30. The minimum atomic E-state index is -0.390. The number of carbonyl (C=O) groups is 2. The van der Waals surface area contributed by atoms with Crippen LogP contribution in [0.25, 0.3) is 5.82 Å². The lowest BCUT2D eigenvalue weighted by atomic mass is 9.78. The lowest BCUT2D eigenvalue weighted by Crippen LogP contribution is -2.48. The van der Waals surface area contributed by atoms with E-state index in [1.807, 2.05) is 7.05 Å². The zero-order valence-corrected chi connectivity index (χ0v) is 14.1. The molecule has 4 rings (SSSR count). The van der Waals surface area contributed by atoms with E-state index < -0.39 is 5.41 Å². The summed E-state index contributed by atoms with van der Waals surface area (Å²) in [5.74, 6) is 0.763. The molecule has 2 fully saturated rings. The maximum absolute atomic E-state index is 12.8. The molecule has 1 atom stereocenters. The van der Waals surface area contributed by atoms with Gasteiger partial charge in [-0.1, -0.05) is 0 Å². The monoisotopic (exact) mass is 340 g/mol. The zero-order valence-electron chi connectivity index (χ0n) is 14.1. The van der Waals surface area contributed by atoms with Crippen molar-refractivity contribution in [2.24, 2.45) is 5.41 Å². The average molecular weight is 340 g/mol. The summed E-state index contributed by atoms with van der Waals surface area (Å²) in [6.07, 6.45) is 7.29. The molecule has 2 amide bonds. The number of hydrogen-bond acceptors (Lipinski definition) is 5. The van der Waals surface area contributed by atoms with Crippen molar-refractivity contribution in [3.8, 4) is 5.82 Å². The van der Waals surface area contributed by atoms with Gasteiger partial charge in [-0.15, -0.1) is 10.2 Å². The molecule has 2 aromatic rings. The zero-order chi connectivity index (χ0) is 17.4. The van der Waals surface area contributed by atoms with E-state index in [1.165, 1.54) is 0 Å². The Morgan fingerprint density at radius 1 is 1.16 bits per heavy atom. The van der Waals surface area contributed by atoms with Crippen LogP contribution in [0.2, 0.25) is 0 Å². The van der Waals surface area contributed by atoms with Crippen molar-refractivity contribution in [2.75, 3.05) is 26.7 Å². The van der Waals surface area contributed by atoms with Crippen LogP contribution in [0, 0.1) is 5.41 Å². The predicted molar refractivity (Wildman–Crippen MR) is 89.0 cm³/mol. The van der Waals surface area contributed by atoms with Gasteiger partial charge in [0.25, 0.3) is 5.91 Å². The molecule has 2 saturated heterocycles. The highest BCUT2D eigenvalue weighted by Gasteiger charge is 2.48. The predicted octanol–water partition coefficient (Wildman–Crippen LogP) is 0.747. The number of nitrogens with zero attached hydrogens (tertiary/aromatic N) is 6. The van der Waals surface area contributed by atoms with Gasteiger partial charge < -0.3 is 9.80 Å². The van der Waals surface area contributed by atoms with Gasteiger partial charge in [-0.05, 0) is 31.4 Å². The number of piperidine rings is 1. The van der Waals surface area contributed by atoms with E-state index in [2.05, 4.69) is 15.2 Å². The minimum Gasteiger partial charge on any atom is -0.345 e. The van der Waals surface area contributed by atoms with Gasteiger partial charge in [0, 0.05) is 32.9 Å². The third kappa shape index (κ3) is 2.67. The van der Waals surface area contributed by atoms with E-state index >= 15 is 0 Å². The molecule has 0 unspecified atom stereocenters. The first-order chi connectivity index (χ1) is 12.1. The Labute approximate surface area is 145 Å². The molecule has 130 valence electrons. The molecule has 8 nitrogen and oxygen atoms in total. The molecule has 2 aromatic heterocycles. The number of rotatable bonds is 2. The van der Waals surface area contributed by atoms with E-state index in [-0.39, 0.29) is 11.8 Å². The molecule has 2 aliphatic rings. The molecule has 0 saturated carbocycles. The standard InChI is InChI=1S/C17H20N6O2/c1-21-7-2-5-17(16(21)25)6-8-22(10-17)15(24)13-3-4-14(18-9-13)23-11-19-20-12-23/h3-4,9,11-12H,2,5-8,10H2,1H3/t17-/m1/s1. The third-order valence-electron chi connectivity index (χ3n) is 5.27. The smallest absolute Gasteiger partial charge is 0.255 e. The Balaban J connectivity index is 1.49. The Kier molecular flexibility index (Phi) is 3.74. The van der Waals surface area contributed by atoms with Gasteiger partial charge >= 0.3 is 0 Å². The molecular formula is C17H20N6O2. The Morgan fingerprint density at radius 3 is 2.68 bits per heavy atom. The number of aromatic nitrogens is 4. The first-order valence-corrected chi connectivity index (χ1v) is 8.45. The highest BCUT2D eigenvalue weighted by molar-refractivity contribution is 5.95. The molecule has 1 spiro atoms. The normalized spacial score (nSPS) is 23.5. The molecular weight excluding hydrogens is 320 g/mol. The van der Waals surface area contributed by atoms with Crippen LogP contribution in [0.1, 0.15) is 29.6 Å². The lowest BCUT2D eigenvalue weighted by molar-refractivity contribution is -0.143. The van der Waals surface area contributed by atoms with Crippen molar-refractivity contribution in [3.63, 3.8) is 0 Å². The van der Waals surface area contributed by atoms with Gasteiger partial charge in [-0.25, -0.2) is 4.98 Å². The summed E-state index contributed by atoms with van der Waals surface area (Å²) in [6.45, 7) is 1.93. The van der Waals surface area contributed by atoms with Crippen molar-refractivity contribution < 1.29 is 9.59 Å². The van der Waals surface area contributed by atoms with Gasteiger partial charge in [0.05, 0.1) is 11.0 Å². The van der Waals surface area contributed by atoms with Crippen LogP contribution in [0.15, 0.2) is 31.0 Å². The van der Waals surface area contributed by atoms with Crippen molar-refractivity contribution in [3.05, 3.63) is 36.5 Å². The number of likely N-dealkylation sites (tertiary alicyclic amines) is 2. The second kappa shape index (κ2) is 5.94. The summed E-state index contributed by atoms with van der Waals surface area (Å²) in [4.78, 5) is 33.3. The summed E-state index contributed by atoms with van der Waals surface area (Å²) in [6, 6.07) is 3.52. The van der Waals surface area contributed by atoms with Gasteiger partial charge in [0.1, 0.15) is 18.5 Å². The molecule has 8 heteroatoms. The fraction of sp³-hybridized carbons (Fsp3) is 0.471. The van der Waals surface area contributed by atoms with Crippen molar-refractivity contribution in [1.82, 2.24) is 29.5 Å². The largest absolute Gasteiger partial charge is 0.345 e. The SMILES string of the molecule is CN1CCC[C@]2(CCN(C(=O)c3ccc(-n4cnnc4)nc3)C2)C1=O. The summed E-state index contributed by atoms with van der Waals surface area (Å²) in [5, 5.41) is 7.49. The molecule has 0 radical (unpaired) electrons. The van der Waals surface area contributed by atoms with Crippen LogP contribution in [0.3, 0.4) is 0 Å². The molecule has 0 aliphatic carbocycles. The van der Waals surface area contributed by atoms with E-state index in [1.54, 1.807) is 45.4 Å². The number of hydrogen-bond donors (Lipinski definition) is 0. The highest BCUT2D eigenvalue weighted by atomic mass is 16.2. The summed E-state index contributed by atoms with van der Waals surface area (Å²) in [7, 11) is 1.85. The maximum atomic E-state index is 12.8. The topological polar surface area (TPSA) is 84.2 Å². The van der Waals surface area contributed by atoms with E-state index in [0.29, 0.717) is 24.5 Å². The second-order valence-corrected chi connectivity index (χ2v) is 6.86. The first kappa shape index (κ1) is 15.7. The summed E-state index contributed by atoms with van der Waals surface area (Å²) < 4.78 is 1.68. The fourth-order valence-corrected chi connectivity index (χ4v) is 3.86. The quantitative estimate of drug-likeness (QED) is 0.805. The summed E-state index contributed by atoms with van der Waals surface area (Å²) >= 11 is 0. The van der Waals surface area contributed by atoms with Gasteiger partial charge in [-0.2, -0.15) is 0 Å². The molecule has 2 aliphatic heterocycles. The van der Waals surface area contributed by atoms with Crippen molar-refractivity contribution in [1.29, 1.82) is 0 Å². The lowest BCUT2D eigenvalue weighted by Gasteiger charge is -2.37. The van der Waals surface area contributed by atoms with Crippen LogP contribution >= 0.6 is 0 Å². The van der Waals surface area contributed by atoms with Crippen LogP contribution in [0.4, 0.5) is 0 Å². The van der Waals surface area contributed by atoms with Crippen molar-refractivity contribution >= 4 is 11.8 Å². The molecule has 0 N–H and O–H groups in total. The highest BCUT2D eigenvalue weighted by Crippen LogP contribution is 2.40. The second-order valence-electron chi connectivity index (χ2n) is 6.86. The third-order valence-corrected chi connectivity index (χ3v) is 5.27. The van der Waals surface area contributed by atoms with E-state index in [4.69, 9.17) is 0 Å². The van der Waals surface area contributed by atoms with E-state index in [9.17, 15) is 9.59 Å². The number of carbonyl (C=O) groups excluding carboxylic acids is 2. The Morgan fingerprint density at radius 2 is 1.96 bits per heavy atom. The summed E-state index contributed by atoms with van der Waals surface area (Å²) in [5.41, 5.74) is 0.142. The van der Waals surface area contributed by atoms with Gasteiger partial charge in [0.2, 0.25) is 5.91 Å². The van der Waals surface area contributed by atoms with Crippen LogP contribution in [-0.2, 0) is 4.79 Å². The minimum absolute atomic E-state index is 0.0688. The maximum Gasteiger partial charge on any atom is 0.255 e. The van der Waals surface area contributed by atoms with Crippen LogP contribution < -0.4 is 0 Å². The van der Waals surface area contributed by atoms with Gasteiger partial charge in [-0.3, -0.25) is 14.2 Å². The van der Waals surface area contributed by atoms with Gasteiger partial charge in [0.15, 0.2) is 0 Å². The molecule has 25 heavy (non-hydrogen) atoms. The first-order valence-electron chi connectivity index (χ1n) is 8.45. The molecule has 0 aromatic carbocycles. The molecule has 4 heterocycles. The number of pyridine rings is 1. The Hall–Kier alpha value is -2.77. The fourth-order valence-electron chi connectivity index (χ4n) is 3.86. The Bertz CT molecular complexity index is 788. The number of amides is 2. The van der Waals surface area contributed by atoms with E-state index in [0.717, 1.165) is 25.8 Å². The van der Waals surface area contributed by atoms with Crippen LogP contribution in [0.5, 0.6) is 0 Å².